The molecule has 5 heteroatoms. The second-order valence-electron chi connectivity index (χ2n) is 8.53. The smallest absolute Gasteiger partial charge is 0.290 e. The molecule has 2 aromatic rings. The molecule has 1 amide bonds. The molecule has 0 aliphatic carbocycles. The molecule has 2 N–H and O–H groups in total. The molecular weight excluding hydrogens is 364 g/mol. The normalized spacial score (nSPS) is 17.3. The van der Waals surface area contributed by atoms with Gasteiger partial charge >= 0.3 is 0 Å². The van der Waals surface area contributed by atoms with Crippen molar-refractivity contribution in [1.29, 1.82) is 0 Å². The van der Waals surface area contributed by atoms with Gasteiger partial charge in [-0.2, -0.15) is 0 Å². The Bertz CT molecular complexity index is 949. The number of aromatic nitrogens is 1. The van der Waals surface area contributed by atoms with Crippen LogP contribution in [-0.2, 0) is 10.2 Å². The Morgan fingerprint density at radius 3 is 2.41 bits per heavy atom. The van der Waals surface area contributed by atoms with Gasteiger partial charge in [-0.05, 0) is 41.5 Å². The highest BCUT2D eigenvalue weighted by atomic mass is 16.5. The van der Waals surface area contributed by atoms with E-state index < -0.39 is 0 Å². The molecule has 1 saturated heterocycles. The number of rotatable bonds is 6. The molecule has 1 aromatic carbocycles. The number of amides is 1. The van der Waals surface area contributed by atoms with E-state index in [1.807, 2.05) is 19.1 Å². The fourth-order valence-corrected chi connectivity index (χ4v) is 3.40. The SMILES string of the molecule is CCCOc1ccc(/C(=C/[C@H]2CCC(=O)N2)c2ccc(C(C)(C)C)cc2)[nH]c1=O. The molecule has 154 valence electrons. The van der Waals surface area contributed by atoms with Crippen molar-refractivity contribution in [3.8, 4) is 5.75 Å². The first-order chi connectivity index (χ1) is 13.8. The summed E-state index contributed by atoms with van der Waals surface area (Å²) in [5.41, 5.74) is 3.67. The summed E-state index contributed by atoms with van der Waals surface area (Å²) in [6.07, 6.45) is 4.16. The van der Waals surface area contributed by atoms with Crippen LogP contribution in [0.2, 0.25) is 0 Å². The maximum absolute atomic E-state index is 12.5. The zero-order valence-corrected chi connectivity index (χ0v) is 17.7. The van der Waals surface area contributed by atoms with Crippen LogP contribution >= 0.6 is 0 Å². The number of hydrogen-bond acceptors (Lipinski definition) is 3. The Kier molecular flexibility index (Phi) is 6.26. The van der Waals surface area contributed by atoms with Crippen LogP contribution in [0.15, 0.2) is 47.3 Å². The van der Waals surface area contributed by atoms with Crippen molar-refractivity contribution in [3.05, 3.63) is 69.6 Å². The average Bonchev–Trinajstić information content (AvgIpc) is 3.09. The largest absolute Gasteiger partial charge is 0.488 e. The highest BCUT2D eigenvalue weighted by Gasteiger charge is 2.21. The minimum absolute atomic E-state index is 0.0423. The molecule has 1 aliphatic rings. The molecule has 1 fully saturated rings. The van der Waals surface area contributed by atoms with Gasteiger partial charge in [-0.1, -0.05) is 58.0 Å². The van der Waals surface area contributed by atoms with Crippen LogP contribution in [0.25, 0.3) is 5.57 Å². The van der Waals surface area contributed by atoms with E-state index in [0.29, 0.717) is 24.5 Å². The number of benzene rings is 1. The van der Waals surface area contributed by atoms with Gasteiger partial charge in [0, 0.05) is 23.7 Å². The van der Waals surface area contributed by atoms with E-state index in [0.717, 1.165) is 24.0 Å². The maximum Gasteiger partial charge on any atom is 0.290 e. The minimum Gasteiger partial charge on any atom is -0.488 e. The molecular formula is C24H30N2O3. The Labute approximate surface area is 172 Å². The third-order valence-electron chi connectivity index (χ3n) is 5.08. The number of nitrogens with one attached hydrogen (secondary N) is 2. The van der Waals surface area contributed by atoms with Crippen molar-refractivity contribution in [2.45, 2.75) is 58.4 Å². The molecule has 5 nitrogen and oxygen atoms in total. The molecule has 1 aliphatic heterocycles. The lowest BCUT2D eigenvalue weighted by molar-refractivity contribution is -0.119. The van der Waals surface area contributed by atoms with Crippen molar-refractivity contribution in [2.75, 3.05) is 6.61 Å². The van der Waals surface area contributed by atoms with Gasteiger partial charge in [0.25, 0.3) is 5.56 Å². The molecule has 2 heterocycles. The molecule has 1 aromatic heterocycles. The maximum atomic E-state index is 12.5. The second kappa shape index (κ2) is 8.68. The van der Waals surface area contributed by atoms with Gasteiger partial charge in [0.15, 0.2) is 5.75 Å². The van der Waals surface area contributed by atoms with Gasteiger partial charge in [-0.3, -0.25) is 9.59 Å². The van der Waals surface area contributed by atoms with Crippen LogP contribution in [0.5, 0.6) is 5.75 Å². The second-order valence-corrected chi connectivity index (χ2v) is 8.53. The zero-order chi connectivity index (χ0) is 21.0. The lowest BCUT2D eigenvalue weighted by atomic mass is 9.86. The Morgan fingerprint density at radius 1 is 1.14 bits per heavy atom. The molecule has 3 rings (SSSR count). The fourth-order valence-electron chi connectivity index (χ4n) is 3.40. The van der Waals surface area contributed by atoms with E-state index in [1.54, 1.807) is 6.07 Å². The predicted octanol–water partition coefficient (Wildman–Crippen LogP) is 4.17. The minimum atomic E-state index is -0.247. The third-order valence-corrected chi connectivity index (χ3v) is 5.08. The van der Waals surface area contributed by atoms with Gasteiger partial charge in [0.05, 0.1) is 6.61 Å². The number of H-pyrrole nitrogens is 1. The van der Waals surface area contributed by atoms with Crippen molar-refractivity contribution in [3.63, 3.8) is 0 Å². The van der Waals surface area contributed by atoms with Gasteiger partial charge in [0.1, 0.15) is 0 Å². The molecule has 0 saturated carbocycles. The number of ether oxygens (including phenoxy) is 1. The molecule has 0 unspecified atom stereocenters. The third kappa shape index (κ3) is 5.17. The summed E-state index contributed by atoms with van der Waals surface area (Å²) in [4.78, 5) is 27.1. The quantitative estimate of drug-likeness (QED) is 0.772. The summed E-state index contributed by atoms with van der Waals surface area (Å²) < 4.78 is 5.51. The van der Waals surface area contributed by atoms with Gasteiger partial charge in [-0.15, -0.1) is 0 Å². The summed E-state index contributed by atoms with van der Waals surface area (Å²) in [6, 6.07) is 11.9. The van der Waals surface area contributed by atoms with Crippen molar-refractivity contribution in [1.82, 2.24) is 10.3 Å². The average molecular weight is 395 g/mol. The fraction of sp³-hybridized carbons (Fsp3) is 0.417. The van der Waals surface area contributed by atoms with E-state index in [9.17, 15) is 9.59 Å². The highest BCUT2D eigenvalue weighted by Crippen LogP contribution is 2.28. The summed E-state index contributed by atoms with van der Waals surface area (Å²) in [6.45, 7) is 9.05. The van der Waals surface area contributed by atoms with E-state index in [2.05, 4.69) is 55.3 Å². The lowest BCUT2D eigenvalue weighted by Crippen LogP contribution is -2.23. The van der Waals surface area contributed by atoms with E-state index in [1.165, 1.54) is 5.56 Å². The topological polar surface area (TPSA) is 71.2 Å². The number of carbonyl (C=O) groups is 1. The highest BCUT2D eigenvalue weighted by molar-refractivity contribution is 5.82. The first-order valence-corrected chi connectivity index (χ1v) is 10.3. The van der Waals surface area contributed by atoms with Gasteiger partial charge < -0.3 is 15.0 Å². The summed E-state index contributed by atoms with van der Waals surface area (Å²) in [5.74, 6) is 0.387. The van der Waals surface area contributed by atoms with Crippen LogP contribution in [0, 0.1) is 0 Å². The van der Waals surface area contributed by atoms with E-state index >= 15 is 0 Å². The zero-order valence-electron chi connectivity index (χ0n) is 17.7. The Hall–Kier alpha value is -2.82. The van der Waals surface area contributed by atoms with Gasteiger partial charge in [0.2, 0.25) is 5.91 Å². The summed E-state index contributed by atoms with van der Waals surface area (Å²) >= 11 is 0. The van der Waals surface area contributed by atoms with Crippen LogP contribution in [0.4, 0.5) is 0 Å². The number of pyridine rings is 1. The van der Waals surface area contributed by atoms with Gasteiger partial charge in [-0.25, -0.2) is 0 Å². The molecule has 1 atom stereocenters. The molecule has 29 heavy (non-hydrogen) atoms. The first kappa shape index (κ1) is 20.9. The number of aromatic amines is 1. The number of carbonyl (C=O) groups excluding carboxylic acids is 1. The Balaban J connectivity index is 2.00. The van der Waals surface area contributed by atoms with Crippen LogP contribution in [0.1, 0.15) is 63.8 Å². The standard InChI is InChI=1S/C24H30N2O3/c1-5-14-29-21-12-11-20(26-23(21)28)19(15-18-10-13-22(27)25-18)16-6-8-17(9-7-16)24(2,3)4/h6-9,11-12,15,18H,5,10,13-14H2,1-4H3,(H,25,27)(H,26,28)/b19-15+/t18-/m1/s1. The van der Waals surface area contributed by atoms with Crippen molar-refractivity contribution < 1.29 is 9.53 Å². The Morgan fingerprint density at radius 2 is 1.86 bits per heavy atom. The van der Waals surface area contributed by atoms with Crippen molar-refractivity contribution >= 4 is 11.5 Å². The van der Waals surface area contributed by atoms with E-state index in [4.69, 9.17) is 4.74 Å². The lowest BCUT2D eigenvalue weighted by Gasteiger charge is -2.20. The molecule has 0 radical (unpaired) electrons. The molecule has 0 spiro atoms. The van der Waals surface area contributed by atoms with Crippen LogP contribution < -0.4 is 15.6 Å². The van der Waals surface area contributed by atoms with E-state index in [-0.39, 0.29) is 22.9 Å². The van der Waals surface area contributed by atoms with Crippen LogP contribution in [-0.4, -0.2) is 23.5 Å². The summed E-state index contributed by atoms with van der Waals surface area (Å²) in [7, 11) is 0. The molecule has 0 bridgehead atoms. The monoisotopic (exact) mass is 394 g/mol. The summed E-state index contributed by atoms with van der Waals surface area (Å²) in [5, 5.41) is 2.98. The van der Waals surface area contributed by atoms with Crippen LogP contribution in [0.3, 0.4) is 0 Å². The predicted molar refractivity (Wildman–Crippen MR) is 116 cm³/mol. The first-order valence-electron chi connectivity index (χ1n) is 10.3. The number of hydrogen-bond donors (Lipinski definition) is 2. The van der Waals surface area contributed by atoms with Crippen molar-refractivity contribution in [2.24, 2.45) is 0 Å².